The molecule has 0 radical (unpaired) electrons. The first kappa shape index (κ1) is 23.3. The van der Waals surface area contributed by atoms with Gasteiger partial charge in [-0.05, 0) is 25.3 Å². The number of nitrogens with one attached hydrogen (secondary N) is 2. The normalized spacial score (nSPS) is 15.6. The average molecular weight is 509 g/mol. The summed E-state index contributed by atoms with van der Waals surface area (Å²) in [5, 5.41) is 15.2. The van der Waals surface area contributed by atoms with Gasteiger partial charge in [-0.2, -0.15) is 0 Å². The highest BCUT2D eigenvalue weighted by molar-refractivity contribution is 14.0. The molecule has 0 saturated carbocycles. The number of aliphatic imine (C=N–C) groups is 1. The largest absolute Gasteiger partial charge is 0.354 e. The molecule has 0 atom stereocenters. The van der Waals surface area contributed by atoms with Crippen LogP contribution in [0.5, 0.6) is 0 Å². The van der Waals surface area contributed by atoms with Crippen molar-refractivity contribution in [2.24, 2.45) is 12.0 Å². The minimum atomic E-state index is 0. The van der Waals surface area contributed by atoms with E-state index in [4.69, 9.17) is 4.99 Å². The third-order valence-corrected chi connectivity index (χ3v) is 5.15. The van der Waals surface area contributed by atoms with Crippen LogP contribution in [0.4, 0.5) is 0 Å². The Morgan fingerprint density at radius 2 is 1.97 bits per heavy atom. The highest BCUT2D eigenvalue weighted by Crippen LogP contribution is 2.14. The van der Waals surface area contributed by atoms with E-state index >= 15 is 0 Å². The van der Waals surface area contributed by atoms with E-state index < -0.39 is 0 Å². The maximum Gasteiger partial charge on any atom is 0.192 e. The van der Waals surface area contributed by atoms with Crippen molar-refractivity contribution in [3.8, 4) is 0 Å². The Bertz CT molecular complexity index is 780. The van der Waals surface area contributed by atoms with Crippen LogP contribution < -0.4 is 10.6 Å². The summed E-state index contributed by atoms with van der Waals surface area (Å²) < 4.78 is 1.97. The fraction of sp³-hybridized carbons (Fsp3) is 0.476. The molecule has 1 aromatic carbocycles. The summed E-state index contributed by atoms with van der Waals surface area (Å²) in [5.41, 5.74) is 1.38. The van der Waals surface area contributed by atoms with Crippen LogP contribution >= 0.6 is 24.0 Å². The second-order valence-corrected chi connectivity index (χ2v) is 7.24. The summed E-state index contributed by atoms with van der Waals surface area (Å²) in [7, 11) is 1.97. The molecule has 8 heteroatoms. The number of guanidine groups is 1. The fourth-order valence-electron chi connectivity index (χ4n) is 3.33. The summed E-state index contributed by atoms with van der Waals surface area (Å²) in [4.78, 5) is 7.21. The molecular weight excluding hydrogens is 477 g/mol. The molecule has 1 aliphatic heterocycles. The van der Waals surface area contributed by atoms with Crippen molar-refractivity contribution in [3.05, 3.63) is 60.2 Å². The second-order valence-electron chi connectivity index (χ2n) is 7.24. The lowest BCUT2D eigenvalue weighted by molar-refractivity contribution is 0.198. The monoisotopic (exact) mass is 509 g/mol. The molecule has 1 aromatic heterocycles. The molecule has 7 nitrogen and oxygen atoms in total. The number of halogens is 1. The molecule has 158 valence electrons. The predicted molar refractivity (Wildman–Crippen MR) is 128 cm³/mol. The summed E-state index contributed by atoms with van der Waals surface area (Å²) in [5.74, 6) is 2.56. The molecule has 2 aromatic rings. The maximum atomic E-state index is 4.70. The standard InChI is InChI=1S/C21H31N7.HI/c1-4-12-22-21(23-15-20-26-25-17(2)27(20)3)24-19-10-13-28(14-11-19)16-18-8-6-5-7-9-18;/h4-9,19H,1,10-16H2,2-3H3,(H2,22,23,24);1H. The van der Waals surface area contributed by atoms with Gasteiger partial charge in [-0.1, -0.05) is 36.4 Å². The van der Waals surface area contributed by atoms with Gasteiger partial charge in [0.05, 0.1) is 0 Å². The highest BCUT2D eigenvalue weighted by atomic mass is 127. The number of nitrogens with zero attached hydrogens (tertiary/aromatic N) is 5. The van der Waals surface area contributed by atoms with Crippen molar-refractivity contribution in [1.29, 1.82) is 0 Å². The van der Waals surface area contributed by atoms with E-state index in [1.165, 1.54) is 5.56 Å². The number of rotatable bonds is 7. The van der Waals surface area contributed by atoms with Crippen LogP contribution in [0, 0.1) is 6.92 Å². The van der Waals surface area contributed by atoms with Gasteiger partial charge in [-0.15, -0.1) is 40.8 Å². The molecule has 0 aliphatic carbocycles. The van der Waals surface area contributed by atoms with Gasteiger partial charge < -0.3 is 15.2 Å². The first-order chi connectivity index (χ1) is 13.7. The van der Waals surface area contributed by atoms with Gasteiger partial charge in [0.1, 0.15) is 12.4 Å². The summed E-state index contributed by atoms with van der Waals surface area (Å²) in [6, 6.07) is 11.1. The molecule has 2 heterocycles. The van der Waals surface area contributed by atoms with Crippen molar-refractivity contribution in [2.75, 3.05) is 19.6 Å². The van der Waals surface area contributed by atoms with Gasteiger partial charge in [-0.3, -0.25) is 4.90 Å². The molecule has 0 spiro atoms. The number of hydrogen-bond donors (Lipinski definition) is 2. The number of aromatic nitrogens is 3. The third kappa shape index (κ3) is 7.11. The van der Waals surface area contributed by atoms with E-state index in [2.05, 4.69) is 62.6 Å². The van der Waals surface area contributed by atoms with Crippen LogP contribution in [0.1, 0.15) is 30.1 Å². The molecular formula is C21H32IN7. The lowest BCUT2D eigenvalue weighted by Gasteiger charge is -2.33. The van der Waals surface area contributed by atoms with Crippen molar-refractivity contribution in [3.63, 3.8) is 0 Å². The molecule has 0 unspecified atom stereocenters. The zero-order chi connectivity index (χ0) is 19.8. The fourth-order valence-corrected chi connectivity index (χ4v) is 3.33. The lowest BCUT2D eigenvalue weighted by Crippen LogP contribution is -2.48. The van der Waals surface area contributed by atoms with E-state index in [0.29, 0.717) is 19.1 Å². The summed E-state index contributed by atoms with van der Waals surface area (Å²) >= 11 is 0. The van der Waals surface area contributed by atoms with Gasteiger partial charge in [0.2, 0.25) is 0 Å². The summed E-state index contributed by atoms with van der Waals surface area (Å²) in [6.45, 7) is 10.1. The first-order valence-electron chi connectivity index (χ1n) is 9.92. The predicted octanol–water partition coefficient (Wildman–Crippen LogP) is 2.63. The van der Waals surface area contributed by atoms with Gasteiger partial charge in [0.15, 0.2) is 11.8 Å². The van der Waals surface area contributed by atoms with Crippen LogP contribution in [0.25, 0.3) is 0 Å². The Morgan fingerprint density at radius 3 is 2.59 bits per heavy atom. The van der Waals surface area contributed by atoms with Crippen LogP contribution in [-0.2, 0) is 20.1 Å². The highest BCUT2D eigenvalue weighted by Gasteiger charge is 2.20. The third-order valence-electron chi connectivity index (χ3n) is 5.15. The van der Waals surface area contributed by atoms with E-state index in [-0.39, 0.29) is 24.0 Å². The maximum absolute atomic E-state index is 4.70. The van der Waals surface area contributed by atoms with Crippen LogP contribution in [0.2, 0.25) is 0 Å². The molecule has 0 bridgehead atoms. The van der Waals surface area contributed by atoms with Crippen LogP contribution in [0.3, 0.4) is 0 Å². The van der Waals surface area contributed by atoms with Gasteiger partial charge in [0.25, 0.3) is 0 Å². The Hall–Kier alpha value is -1.94. The summed E-state index contributed by atoms with van der Waals surface area (Å²) in [6.07, 6.45) is 4.04. The Morgan fingerprint density at radius 1 is 1.24 bits per heavy atom. The Balaban J connectivity index is 0.00000300. The number of likely N-dealkylation sites (tertiary alicyclic amines) is 1. The minimum Gasteiger partial charge on any atom is -0.354 e. The number of piperidine rings is 1. The molecule has 1 saturated heterocycles. The Kier molecular flexibility index (Phi) is 9.59. The van der Waals surface area contributed by atoms with E-state index in [0.717, 1.165) is 50.1 Å². The molecule has 29 heavy (non-hydrogen) atoms. The first-order valence-corrected chi connectivity index (χ1v) is 9.92. The van der Waals surface area contributed by atoms with Gasteiger partial charge in [0, 0.05) is 39.3 Å². The molecule has 1 fully saturated rings. The number of benzene rings is 1. The van der Waals surface area contributed by atoms with Crippen molar-refractivity contribution in [1.82, 2.24) is 30.3 Å². The van der Waals surface area contributed by atoms with Crippen LogP contribution in [0.15, 0.2) is 48.0 Å². The number of hydrogen-bond acceptors (Lipinski definition) is 4. The molecule has 0 amide bonds. The molecule has 1 aliphatic rings. The van der Waals surface area contributed by atoms with Gasteiger partial charge in [-0.25, -0.2) is 4.99 Å². The lowest BCUT2D eigenvalue weighted by atomic mass is 10.0. The minimum absolute atomic E-state index is 0. The van der Waals surface area contributed by atoms with Gasteiger partial charge >= 0.3 is 0 Å². The van der Waals surface area contributed by atoms with E-state index in [1.54, 1.807) is 0 Å². The van der Waals surface area contributed by atoms with E-state index in [9.17, 15) is 0 Å². The quantitative estimate of drug-likeness (QED) is 0.260. The molecule has 3 rings (SSSR count). The average Bonchev–Trinajstić information content (AvgIpc) is 3.04. The second kappa shape index (κ2) is 11.9. The topological polar surface area (TPSA) is 70.4 Å². The molecule has 2 N–H and O–H groups in total. The zero-order valence-corrected chi connectivity index (χ0v) is 19.7. The van der Waals surface area contributed by atoms with Crippen molar-refractivity contribution in [2.45, 2.75) is 38.9 Å². The van der Waals surface area contributed by atoms with Crippen molar-refractivity contribution >= 4 is 29.9 Å². The smallest absolute Gasteiger partial charge is 0.192 e. The van der Waals surface area contributed by atoms with E-state index in [1.807, 2.05) is 24.6 Å². The van der Waals surface area contributed by atoms with Crippen molar-refractivity contribution < 1.29 is 0 Å². The van der Waals surface area contributed by atoms with Crippen LogP contribution in [-0.4, -0.2) is 51.3 Å². The number of aryl methyl sites for hydroxylation is 1. The Labute approximate surface area is 190 Å². The zero-order valence-electron chi connectivity index (χ0n) is 17.3. The SMILES string of the molecule is C=CCNC(=NCc1nnc(C)n1C)NC1CCN(Cc2ccccc2)CC1.I.